The number of aromatic nitrogens is 1. The molecule has 1 aliphatic carbocycles. The van der Waals surface area contributed by atoms with Crippen LogP contribution in [0.1, 0.15) is 97.2 Å². The number of hydrogen-bond donors (Lipinski definition) is 1. The number of nitrogens with one attached hydrogen (secondary N) is 1. The highest BCUT2D eigenvalue weighted by molar-refractivity contribution is 6.05. The maximum atomic E-state index is 14.8. The molecule has 1 N–H and O–H groups in total. The van der Waals surface area contributed by atoms with Crippen LogP contribution in [0.25, 0.3) is 0 Å². The van der Waals surface area contributed by atoms with Gasteiger partial charge in [-0.25, -0.2) is 4.79 Å². The minimum absolute atomic E-state index is 0.0447. The van der Waals surface area contributed by atoms with E-state index in [4.69, 9.17) is 9.47 Å². The largest absolute Gasteiger partial charge is 0.444 e. The monoisotopic (exact) mass is 592 g/mol. The molecule has 2 heterocycles. The summed E-state index contributed by atoms with van der Waals surface area (Å²) in [5, 5.41) is 3.24. The Kier molecular flexibility index (Phi) is 10.2. The summed E-state index contributed by atoms with van der Waals surface area (Å²) in [5.74, 6) is -0.639. The van der Waals surface area contributed by atoms with Gasteiger partial charge in [-0.05, 0) is 62.8 Å². The Bertz CT molecular complexity index is 1250. The molecule has 1 aromatic carbocycles. The Morgan fingerprint density at radius 2 is 1.67 bits per heavy atom. The van der Waals surface area contributed by atoms with E-state index in [0.29, 0.717) is 11.3 Å². The third-order valence-electron chi connectivity index (χ3n) is 8.22. The molecule has 2 fully saturated rings. The first-order valence-corrected chi connectivity index (χ1v) is 15.4. The van der Waals surface area contributed by atoms with Gasteiger partial charge in [0.05, 0.1) is 12.6 Å². The van der Waals surface area contributed by atoms with E-state index in [-0.39, 0.29) is 42.3 Å². The Morgan fingerprint density at radius 1 is 1.00 bits per heavy atom. The maximum Gasteiger partial charge on any atom is 0.411 e. The zero-order valence-electron chi connectivity index (χ0n) is 26.8. The average Bonchev–Trinajstić information content (AvgIpc) is 3.40. The highest BCUT2D eigenvalue weighted by Gasteiger charge is 2.46. The predicted octanol–water partition coefficient (Wildman–Crippen LogP) is 5.93. The first-order valence-electron chi connectivity index (χ1n) is 15.4. The fourth-order valence-electron chi connectivity index (χ4n) is 5.89. The minimum Gasteiger partial charge on any atom is -0.444 e. The molecule has 9 nitrogen and oxygen atoms in total. The number of carbonyl (C=O) groups is 3. The van der Waals surface area contributed by atoms with Gasteiger partial charge in [-0.2, -0.15) is 0 Å². The van der Waals surface area contributed by atoms with E-state index in [1.807, 2.05) is 30.3 Å². The van der Waals surface area contributed by atoms with Crippen molar-refractivity contribution in [3.05, 3.63) is 59.9 Å². The standard InChI is InChI=1S/C34H48N4O5/c1-33(2,3)24-15-17-26(18-16-24)38(31(40)28-20-27(42-7)22-37(28)32(41)43-34(4,5)6)29(23-12-11-19-35-21-23)30(39)36-25-13-9-8-10-14-25/h11-12,15-19,21,25,27-29H,8-10,13-14,20,22H2,1-7H3,(H,36,39)/t27-,28+,29?/m0/s1. The fourth-order valence-corrected chi connectivity index (χ4v) is 5.89. The molecular weight excluding hydrogens is 544 g/mol. The van der Waals surface area contributed by atoms with Gasteiger partial charge in [-0.3, -0.25) is 24.4 Å². The van der Waals surface area contributed by atoms with Crippen LogP contribution in [-0.2, 0) is 24.5 Å². The molecule has 234 valence electrons. The maximum absolute atomic E-state index is 14.8. The van der Waals surface area contributed by atoms with E-state index in [9.17, 15) is 14.4 Å². The van der Waals surface area contributed by atoms with Crippen LogP contribution < -0.4 is 10.2 Å². The molecule has 1 saturated heterocycles. The number of ether oxygens (including phenoxy) is 2. The van der Waals surface area contributed by atoms with Crippen molar-refractivity contribution in [3.8, 4) is 0 Å². The molecule has 4 rings (SSSR count). The van der Waals surface area contributed by atoms with Crippen molar-refractivity contribution < 1.29 is 23.9 Å². The molecule has 43 heavy (non-hydrogen) atoms. The lowest BCUT2D eigenvalue weighted by Crippen LogP contribution is -2.53. The smallest absolute Gasteiger partial charge is 0.411 e. The molecule has 1 unspecified atom stereocenters. The van der Waals surface area contributed by atoms with Crippen LogP contribution in [0.15, 0.2) is 48.8 Å². The van der Waals surface area contributed by atoms with Crippen LogP contribution in [0.4, 0.5) is 10.5 Å². The molecule has 1 aliphatic heterocycles. The van der Waals surface area contributed by atoms with Gasteiger partial charge in [0.25, 0.3) is 5.91 Å². The van der Waals surface area contributed by atoms with Gasteiger partial charge in [0.1, 0.15) is 17.7 Å². The number of methoxy groups -OCH3 is 1. The second-order valence-corrected chi connectivity index (χ2v) is 13.8. The lowest BCUT2D eigenvalue weighted by atomic mass is 9.87. The molecule has 2 aliphatic rings. The molecule has 1 saturated carbocycles. The van der Waals surface area contributed by atoms with E-state index in [1.54, 1.807) is 51.2 Å². The first kappa shape index (κ1) is 32.5. The summed E-state index contributed by atoms with van der Waals surface area (Å²) < 4.78 is 11.3. The zero-order valence-corrected chi connectivity index (χ0v) is 26.8. The number of amides is 3. The van der Waals surface area contributed by atoms with Crippen molar-refractivity contribution in [2.75, 3.05) is 18.6 Å². The van der Waals surface area contributed by atoms with Crippen molar-refractivity contribution in [1.29, 1.82) is 0 Å². The van der Waals surface area contributed by atoms with Gasteiger partial charge in [0.2, 0.25) is 5.91 Å². The number of likely N-dealkylation sites (tertiary alicyclic amines) is 1. The molecule has 3 atom stereocenters. The summed E-state index contributed by atoms with van der Waals surface area (Å²) in [6, 6.07) is 9.51. The van der Waals surface area contributed by atoms with Gasteiger partial charge in [-0.1, -0.05) is 58.2 Å². The summed E-state index contributed by atoms with van der Waals surface area (Å²) in [5.41, 5.74) is 1.42. The van der Waals surface area contributed by atoms with Crippen LogP contribution >= 0.6 is 0 Å². The van der Waals surface area contributed by atoms with Gasteiger partial charge < -0.3 is 14.8 Å². The van der Waals surface area contributed by atoms with Crippen LogP contribution in [0.2, 0.25) is 0 Å². The van der Waals surface area contributed by atoms with E-state index < -0.39 is 23.8 Å². The summed E-state index contributed by atoms with van der Waals surface area (Å²) in [4.78, 5) is 49.7. The summed E-state index contributed by atoms with van der Waals surface area (Å²) in [6.45, 7) is 12.0. The molecule has 9 heteroatoms. The quantitative estimate of drug-likeness (QED) is 0.428. The van der Waals surface area contributed by atoms with Crippen LogP contribution in [0.5, 0.6) is 0 Å². The van der Waals surface area contributed by atoms with Crippen molar-refractivity contribution in [1.82, 2.24) is 15.2 Å². The number of carbonyl (C=O) groups excluding carboxylic acids is 3. The van der Waals surface area contributed by atoms with Crippen molar-refractivity contribution in [2.45, 2.75) is 115 Å². The minimum atomic E-state index is -0.995. The SMILES string of the molecule is CO[C@H]1C[C@H](C(=O)N(c2ccc(C(C)(C)C)cc2)C(C(=O)NC2CCCCC2)c2cccnc2)N(C(=O)OC(C)(C)C)C1. The highest BCUT2D eigenvalue weighted by Crippen LogP contribution is 2.34. The van der Waals surface area contributed by atoms with E-state index in [0.717, 1.165) is 37.7 Å². The second kappa shape index (κ2) is 13.5. The third kappa shape index (κ3) is 8.13. The number of pyridine rings is 1. The molecule has 0 radical (unpaired) electrons. The second-order valence-electron chi connectivity index (χ2n) is 13.8. The Morgan fingerprint density at radius 3 is 2.23 bits per heavy atom. The molecule has 2 aromatic rings. The normalized spacial score (nSPS) is 20.4. The lowest BCUT2D eigenvalue weighted by Gasteiger charge is -2.36. The number of anilines is 1. The van der Waals surface area contributed by atoms with E-state index >= 15 is 0 Å². The average molecular weight is 593 g/mol. The van der Waals surface area contributed by atoms with Crippen LogP contribution in [-0.4, -0.2) is 65.2 Å². The van der Waals surface area contributed by atoms with Crippen molar-refractivity contribution in [2.24, 2.45) is 0 Å². The van der Waals surface area contributed by atoms with Crippen LogP contribution in [0.3, 0.4) is 0 Å². The Hall–Kier alpha value is -3.46. The van der Waals surface area contributed by atoms with Crippen molar-refractivity contribution in [3.63, 3.8) is 0 Å². The number of rotatable bonds is 7. The number of nitrogens with zero attached hydrogens (tertiary/aromatic N) is 3. The summed E-state index contributed by atoms with van der Waals surface area (Å²) >= 11 is 0. The Balaban J connectivity index is 1.80. The number of hydrogen-bond acceptors (Lipinski definition) is 6. The van der Waals surface area contributed by atoms with Gasteiger partial charge in [0, 0.05) is 43.2 Å². The molecule has 0 bridgehead atoms. The molecule has 3 amide bonds. The van der Waals surface area contributed by atoms with Gasteiger partial charge in [0.15, 0.2) is 0 Å². The topological polar surface area (TPSA) is 101 Å². The Labute approximate surface area is 256 Å². The molecule has 0 spiro atoms. The zero-order chi connectivity index (χ0) is 31.4. The first-order chi connectivity index (χ1) is 20.3. The van der Waals surface area contributed by atoms with Gasteiger partial charge in [-0.15, -0.1) is 0 Å². The van der Waals surface area contributed by atoms with Crippen molar-refractivity contribution >= 4 is 23.6 Å². The van der Waals surface area contributed by atoms with E-state index in [2.05, 4.69) is 31.1 Å². The highest BCUT2D eigenvalue weighted by atomic mass is 16.6. The van der Waals surface area contributed by atoms with Gasteiger partial charge >= 0.3 is 6.09 Å². The van der Waals surface area contributed by atoms with E-state index in [1.165, 1.54) is 4.90 Å². The summed E-state index contributed by atoms with van der Waals surface area (Å²) in [6.07, 6.45) is 7.73. The van der Waals surface area contributed by atoms with Crippen LogP contribution in [0, 0.1) is 0 Å². The molecule has 1 aromatic heterocycles. The number of benzene rings is 1. The predicted molar refractivity (Wildman–Crippen MR) is 167 cm³/mol. The summed E-state index contributed by atoms with van der Waals surface area (Å²) in [7, 11) is 1.57. The fraction of sp³-hybridized carbons (Fsp3) is 0.588. The lowest BCUT2D eigenvalue weighted by molar-refractivity contribution is -0.129. The third-order valence-corrected chi connectivity index (χ3v) is 8.22. The molecular formula is C34H48N4O5.